The van der Waals surface area contributed by atoms with Gasteiger partial charge in [0.05, 0.1) is 6.42 Å². The third-order valence-corrected chi connectivity index (χ3v) is 4.64. The van der Waals surface area contributed by atoms with Gasteiger partial charge in [-0.2, -0.15) is 0 Å². The van der Waals surface area contributed by atoms with Gasteiger partial charge in [0.25, 0.3) is 0 Å². The first-order chi connectivity index (χ1) is 10.2. The van der Waals surface area contributed by atoms with Gasteiger partial charge in [-0.1, -0.05) is 6.07 Å². The first kappa shape index (κ1) is 18.9. The summed E-state index contributed by atoms with van der Waals surface area (Å²) in [5.41, 5.74) is 5.37. The zero-order chi connectivity index (χ0) is 15.1. The molecule has 124 valence electrons. The van der Waals surface area contributed by atoms with Gasteiger partial charge in [-0.05, 0) is 30.7 Å². The van der Waals surface area contributed by atoms with Crippen LogP contribution in [0.2, 0.25) is 0 Å². The average Bonchev–Trinajstić information content (AvgIpc) is 2.98. The Balaban J connectivity index is 0.00000242. The molecule has 5 nitrogen and oxygen atoms in total. The van der Waals surface area contributed by atoms with Crippen molar-refractivity contribution in [1.82, 2.24) is 10.2 Å². The third kappa shape index (κ3) is 5.59. The summed E-state index contributed by atoms with van der Waals surface area (Å²) in [6.45, 7) is 1.69. The Kier molecular flexibility index (Phi) is 8.45. The summed E-state index contributed by atoms with van der Waals surface area (Å²) in [6, 6.07) is 4.08. The van der Waals surface area contributed by atoms with E-state index in [1.54, 1.807) is 11.3 Å². The Morgan fingerprint density at radius 2 is 2.23 bits per heavy atom. The van der Waals surface area contributed by atoms with E-state index in [4.69, 9.17) is 5.73 Å². The first-order valence-corrected chi connectivity index (χ1v) is 8.37. The van der Waals surface area contributed by atoms with Crippen LogP contribution in [0.5, 0.6) is 0 Å². The molecule has 0 radical (unpaired) electrons. The maximum Gasteiger partial charge on any atom is 0.228 e. The lowest BCUT2D eigenvalue weighted by molar-refractivity contribution is -0.134. The van der Waals surface area contributed by atoms with Gasteiger partial charge in [0.15, 0.2) is 0 Å². The molecule has 0 spiro atoms. The molecule has 22 heavy (non-hydrogen) atoms. The van der Waals surface area contributed by atoms with Gasteiger partial charge in [0, 0.05) is 37.0 Å². The summed E-state index contributed by atoms with van der Waals surface area (Å²) in [6.07, 6.45) is 3.92. The van der Waals surface area contributed by atoms with E-state index in [9.17, 15) is 9.59 Å². The van der Waals surface area contributed by atoms with E-state index in [-0.39, 0.29) is 30.3 Å². The highest BCUT2D eigenvalue weighted by Crippen LogP contribution is 2.19. The van der Waals surface area contributed by atoms with E-state index >= 15 is 0 Å². The summed E-state index contributed by atoms with van der Waals surface area (Å²) in [5.74, 6) is 0.129. The van der Waals surface area contributed by atoms with Crippen molar-refractivity contribution < 1.29 is 9.59 Å². The van der Waals surface area contributed by atoms with Gasteiger partial charge < -0.3 is 16.0 Å². The normalized spacial score (nSPS) is 17.7. The van der Waals surface area contributed by atoms with Crippen LogP contribution in [0.1, 0.15) is 30.6 Å². The van der Waals surface area contributed by atoms with Crippen molar-refractivity contribution in [3.63, 3.8) is 0 Å². The number of hydrogen-bond acceptors (Lipinski definition) is 4. The Morgan fingerprint density at radius 1 is 1.41 bits per heavy atom. The minimum Gasteiger partial charge on any atom is -0.354 e. The van der Waals surface area contributed by atoms with Crippen molar-refractivity contribution in [2.24, 2.45) is 5.73 Å². The average molecular weight is 346 g/mol. The molecule has 0 aliphatic carbocycles. The molecule has 1 aliphatic heterocycles. The monoisotopic (exact) mass is 345 g/mol. The second kappa shape index (κ2) is 9.82. The Labute approximate surface area is 141 Å². The van der Waals surface area contributed by atoms with Crippen molar-refractivity contribution in [2.75, 3.05) is 19.6 Å². The predicted molar refractivity (Wildman–Crippen MR) is 91.3 cm³/mol. The molecule has 2 heterocycles. The van der Waals surface area contributed by atoms with Gasteiger partial charge in [0.1, 0.15) is 0 Å². The van der Waals surface area contributed by atoms with E-state index in [0.29, 0.717) is 25.9 Å². The maximum absolute atomic E-state index is 12.4. The van der Waals surface area contributed by atoms with Crippen LogP contribution in [0, 0.1) is 0 Å². The van der Waals surface area contributed by atoms with Crippen molar-refractivity contribution in [3.8, 4) is 0 Å². The van der Waals surface area contributed by atoms with Crippen LogP contribution < -0.4 is 11.1 Å². The molecule has 2 rings (SSSR count). The lowest BCUT2D eigenvalue weighted by Gasteiger charge is -2.36. The lowest BCUT2D eigenvalue weighted by Crippen LogP contribution is -2.50. The fourth-order valence-corrected chi connectivity index (χ4v) is 3.35. The number of carbonyl (C=O) groups excluding carboxylic acids is 2. The molecular formula is C15H24ClN3O2S. The van der Waals surface area contributed by atoms with Gasteiger partial charge >= 0.3 is 0 Å². The van der Waals surface area contributed by atoms with Crippen LogP contribution in [0.15, 0.2) is 17.5 Å². The number of rotatable bonds is 6. The molecule has 1 aliphatic rings. The van der Waals surface area contributed by atoms with Crippen LogP contribution in [0.25, 0.3) is 0 Å². The molecule has 7 heteroatoms. The molecule has 1 aromatic rings. The highest BCUT2D eigenvalue weighted by Gasteiger charge is 2.26. The number of halogens is 1. The summed E-state index contributed by atoms with van der Waals surface area (Å²) < 4.78 is 0. The number of thiophene rings is 1. The van der Waals surface area contributed by atoms with E-state index in [1.807, 2.05) is 22.4 Å². The van der Waals surface area contributed by atoms with Gasteiger partial charge in [-0.25, -0.2) is 0 Å². The Morgan fingerprint density at radius 3 is 2.91 bits per heavy atom. The SMILES string of the molecule is Cl.NCCC(=O)NCC1CCCCN1C(=O)Cc1cccs1. The summed E-state index contributed by atoms with van der Waals surface area (Å²) >= 11 is 1.61. The van der Waals surface area contributed by atoms with Gasteiger partial charge in [0.2, 0.25) is 11.8 Å². The fourth-order valence-electron chi connectivity index (χ4n) is 2.66. The first-order valence-electron chi connectivity index (χ1n) is 7.49. The Hall–Kier alpha value is -1.11. The molecule has 0 saturated carbocycles. The zero-order valence-electron chi connectivity index (χ0n) is 12.6. The lowest BCUT2D eigenvalue weighted by atomic mass is 10.0. The predicted octanol–water partition coefficient (Wildman–Crippen LogP) is 1.56. The van der Waals surface area contributed by atoms with Crippen molar-refractivity contribution >= 4 is 35.6 Å². The van der Waals surface area contributed by atoms with Gasteiger partial charge in [-0.3, -0.25) is 9.59 Å². The van der Waals surface area contributed by atoms with Crippen molar-refractivity contribution in [1.29, 1.82) is 0 Å². The summed E-state index contributed by atoms with van der Waals surface area (Å²) in [5, 5.41) is 4.88. The third-order valence-electron chi connectivity index (χ3n) is 3.76. The topological polar surface area (TPSA) is 75.4 Å². The number of nitrogens with one attached hydrogen (secondary N) is 1. The molecule has 2 amide bonds. The number of nitrogens with two attached hydrogens (primary N) is 1. The maximum atomic E-state index is 12.4. The highest BCUT2D eigenvalue weighted by atomic mass is 35.5. The zero-order valence-corrected chi connectivity index (χ0v) is 14.3. The van der Waals surface area contributed by atoms with E-state index in [0.717, 1.165) is 30.7 Å². The smallest absolute Gasteiger partial charge is 0.228 e. The minimum atomic E-state index is -0.0336. The largest absolute Gasteiger partial charge is 0.354 e. The summed E-state index contributed by atoms with van der Waals surface area (Å²) in [7, 11) is 0. The van der Waals surface area contributed by atoms with E-state index in [1.165, 1.54) is 0 Å². The molecule has 1 fully saturated rings. The van der Waals surface area contributed by atoms with E-state index < -0.39 is 0 Å². The molecule has 1 atom stereocenters. The number of hydrogen-bond donors (Lipinski definition) is 2. The molecule has 0 bridgehead atoms. The molecule has 1 unspecified atom stereocenters. The molecular weight excluding hydrogens is 322 g/mol. The van der Waals surface area contributed by atoms with Gasteiger partial charge in [-0.15, -0.1) is 23.7 Å². The molecule has 0 aromatic carbocycles. The van der Waals surface area contributed by atoms with Crippen LogP contribution in [0.4, 0.5) is 0 Å². The van der Waals surface area contributed by atoms with Crippen molar-refractivity contribution in [2.45, 2.75) is 38.1 Å². The quantitative estimate of drug-likeness (QED) is 0.821. The second-order valence-electron chi connectivity index (χ2n) is 5.34. The number of amides is 2. The van der Waals surface area contributed by atoms with E-state index in [2.05, 4.69) is 5.32 Å². The number of likely N-dealkylation sites (tertiary alicyclic amines) is 1. The number of carbonyl (C=O) groups is 2. The summed E-state index contributed by atoms with van der Waals surface area (Å²) in [4.78, 5) is 27.0. The molecule has 3 N–H and O–H groups in total. The number of nitrogens with zero attached hydrogens (tertiary/aromatic N) is 1. The van der Waals surface area contributed by atoms with Crippen molar-refractivity contribution in [3.05, 3.63) is 22.4 Å². The Bertz CT molecular complexity index is 467. The van der Waals surface area contributed by atoms with Crippen LogP contribution in [-0.2, 0) is 16.0 Å². The molecule has 1 aromatic heterocycles. The van der Waals surface area contributed by atoms with Crippen LogP contribution in [-0.4, -0.2) is 42.4 Å². The highest BCUT2D eigenvalue weighted by molar-refractivity contribution is 7.10. The number of piperidine rings is 1. The fraction of sp³-hybridized carbons (Fsp3) is 0.600. The molecule has 1 saturated heterocycles. The second-order valence-corrected chi connectivity index (χ2v) is 6.37. The minimum absolute atomic E-state index is 0. The van der Waals surface area contributed by atoms with Crippen LogP contribution >= 0.6 is 23.7 Å². The standard InChI is InChI=1S/C15H23N3O2S.ClH/c16-7-6-14(19)17-11-12-4-1-2-8-18(12)15(20)10-13-5-3-9-21-13;/h3,5,9,12H,1-2,4,6-8,10-11,16H2,(H,17,19);1H. The van der Waals surface area contributed by atoms with Crippen LogP contribution in [0.3, 0.4) is 0 Å².